The lowest BCUT2D eigenvalue weighted by Gasteiger charge is -2.05. The molecule has 0 atom stereocenters. The number of aryl methyl sites for hydroxylation is 1. The summed E-state index contributed by atoms with van der Waals surface area (Å²) in [5, 5.41) is 0. The topological polar surface area (TPSA) is 0 Å². The van der Waals surface area contributed by atoms with Crippen molar-refractivity contribution in [2.75, 3.05) is 0 Å². The Labute approximate surface area is 113 Å². The molecule has 3 rings (SSSR count). The molecule has 0 fully saturated rings. The summed E-state index contributed by atoms with van der Waals surface area (Å²) in [7, 11) is 0. The van der Waals surface area contributed by atoms with E-state index in [2.05, 4.69) is 73.0 Å². The first-order valence-electron chi connectivity index (χ1n) is 6.39. The van der Waals surface area contributed by atoms with Crippen molar-refractivity contribution < 1.29 is 0 Å². The fourth-order valence-corrected chi connectivity index (χ4v) is 2.11. The summed E-state index contributed by atoms with van der Waals surface area (Å²) in [4.78, 5) is 0. The highest BCUT2D eigenvalue weighted by Crippen LogP contribution is 2.23. The zero-order valence-corrected chi connectivity index (χ0v) is 10.9. The van der Waals surface area contributed by atoms with Crippen molar-refractivity contribution in [1.29, 1.82) is 0 Å². The molecule has 0 heteroatoms. The Morgan fingerprint density at radius 1 is 0.737 bits per heavy atom. The van der Waals surface area contributed by atoms with Gasteiger partial charge in [0, 0.05) is 5.57 Å². The standard InChI is InChI=1S/C19H14/c1-15-7-9-17(10-8-15)19-13-11-18(12-14-19)16-5-3-2-4-6-16/h2-3,5,7-14H,1H3. The minimum atomic E-state index is 1.08. The van der Waals surface area contributed by atoms with Crippen LogP contribution in [0.25, 0.3) is 16.7 Å². The predicted octanol–water partition coefficient (Wildman–Crippen LogP) is 4.93. The molecular formula is C19H14. The van der Waals surface area contributed by atoms with E-state index < -0.39 is 0 Å². The number of hydrogen-bond donors (Lipinski definition) is 0. The van der Waals surface area contributed by atoms with Gasteiger partial charge >= 0.3 is 0 Å². The molecule has 1 aliphatic rings. The van der Waals surface area contributed by atoms with Crippen LogP contribution in [0.3, 0.4) is 0 Å². The normalized spacial score (nSPS) is 12.6. The zero-order valence-electron chi connectivity index (χ0n) is 10.9. The van der Waals surface area contributed by atoms with Gasteiger partial charge < -0.3 is 0 Å². The lowest BCUT2D eigenvalue weighted by atomic mass is 9.99. The van der Waals surface area contributed by atoms with E-state index in [0.29, 0.717) is 0 Å². The van der Waals surface area contributed by atoms with Crippen LogP contribution < -0.4 is 0 Å². The Morgan fingerprint density at radius 2 is 1.32 bits per heavy atom. The van der Waals surface area contributed by atoms with Crippen LogP contribution in [0.4, 0.5) is 0 Å². The molecule has 0 spiro atoms. The first-order chi connectivity index (χ1) is 9.33. The van der Waals surface area contributed by atoms with Crippen molar-refractivity contribution >= 4 is 5.57 Å². The molecule has 0 nitrogen and oxygen atoms in total. The molecule has 2 aromatic carbocycles. The van der Waals surface area contributed by atoms with Crippen molar-refractivity contribution in [2.45, 2.75) is 6.92 Å². The van der Waals surface area contributed by atoms with Gasteiger partial charge in [-0.05, 0) is 35.8 Å². The smallest absolute Gasteiger partial charge is 0.0321 e. The fraction of sp³-hybridized carbons (Fsp3) is 0.0526. The van der Waals surface area contributed by atoms with Crippen LogP contribution >= 0.6 is 0 Å². The number of allylic oxidation sites excluding steroid dienone is 4. The summed E-state index contributed by atoms with van der Waals surface area (Å²) in [5.41, 5.74) is 12.1. The molecule has 0 aromatic heterocycles. The maximum atomic E-state index is 3.13. The van der Waals surface area contributed by atoms with Gasteiger partial charge in [0.2, 0.25) is 0 Å². The third kappa shape index (κ3) is 2.51. The average molecular weight is 242 g/mol. The number of hydrogen-bond acceptors (Lipinski definition) is 0. The predicted molar refractivity (Wildman–Crippen MR) is 80.8 cm³/mol. The molecule has 0 unspecified atom stereocenters. The molecule has 2 aromatic rings. The first kappa shape index (κ1) is 11.6. The van der Waals surface area contributed by atoms with E-state index in [4.69, 9.17) is 0 Å². The van der Waals surface area contributed by atoms with Crippen LogP contribution in [0.15, 0.2) is 78.2 Å². The second kappa shape index (κ2) is 5.00. The van der Waals surface area contributed by atoms with Gasteiger partial charge in [0.25, 0.3) is 0 Å². The third-order valence-electron chi connectivity index (χ3n) is 3.23. The molecular weight excluding hydrogens is 228 g/mol. The molecule has 0 N–H and O–H groups in total. The van der Waals surface area contributed by atoms with Crippen LogP contribution in [0, 0.1) is 6.92 Å². The fourth-order valence-electron chi connectivity index (χ4n) is 2.11. The Kier molecular flexibility index (Phi) is 3.04. The highest BCUT2D eigenvalue weighted by atomic mass is 14.0. The van der Waals surface area contributed by atoms with Crippen LogP contribution in [0.1, 0.15) is 11.1 Å². The SMILES string of the molecule is Cc1ccc(-c2ccc(C3=C=C=CC=C3)cc2)cc1. The largest absolute Gasteiger partial charge is 0.0696 e. The molecule has 0 saturated carbocycles. The van der Waals surface area contributed by atoms with Crippen molar-refractivity contribution in [3.8, 4) is 11.1 Å². The van der Waals surface area contributed by atoms with Gasteiger partial charge in [-0.3, -0.25) is 0 Å². The summed E-state index contributed by atoms with van der Waals surface area (Å²) >= 11 is 0. The monoisotopic (exact) mass is 242 g/mol. The Balaban J connectivity index is 1.95. The van der Waals surface area contributed by atoms with E-state index in [-0.39, 0.29) is 0 Å². The quantitative estimate of drug-likeness (QED) is 0.655. The summed E-state index contributed by atoms with van der Waals surface area (Å²) in [6.45, 7) is 2.11. The Bertz CT molecular complexity index is 713. The van der Waals surface area contributed by atoms with Crippen molar-refractivity contribution in [3.05, 3.63) is 89.3 Å². The van der Waals surface area contributed by atoms with E-state index in [1.54, 1.807) is 0 Å². The molecule has 0 heterocycles. The molecule has 90 valence electrons. The average Bonchev–Trinajstić information content (AvgIpc) is 2.49. The van der Waals surface area contributed by atoms with Gasteiger partial charge in [0.05, 0.1) is 0 Å². The highest BCUT2D eigenvalue weighted by molar-refractivity contribution is 5.76. The van der Waals surface area contributed by atoms with Gasteiger partial charge in [0.1, 0.15) is 0 Å². The lowest BCUT2D eigenvalue weighted by molar-refractivity contribution is 1.47. The van der Waals surface area contributed by atoms with E-state index in [0.717, 1.165) is 5.57 Å². The van der Waals surface area contributed by atoms with Gasteiger partial charge in [0.15, 0.2) is 0 Å². The summed E-state index contributed by atoms with van der Waals surface area (Å²) < 4.78 is 0. The Morgan fingerprint density at radius 3 is 1.89 bits per heavy atom. The van der Waals surface area contributed by atoms with Crippen LogP contribution in [-0.4, -0.2) is 0 Å². The van der Waals surface area contributed by atoms with Crippen molar-refractivity contribution in [1.82, 2.24) is 0 Å². The van der Waals surface area contributed by atoms with Crippen molar-refractivity contribution in [2.24, 2.45) is 0 Å². The molecule has 0 radical (unpaired) electrons. The molecule has 0 amide bonds. The Hall–Kier alpha value is -2.52. The van der Waals surface area contributed by atoms with Crippen LogP contribution in [0.5, 0.6) is 0 Å². The maximum Gasteiger partial charge on any atom is 0.0321 e. The second-order valence-corrected chi connectivity index (χ2v) is 4.65. The minimum Gasteiger partial charge on any atom is -0.0696 e. The molecule has 0 saturated heterocycles. The second-order valence-electron chi connectivity index (χ2n) is 4.65. The highest BCUT2D eigenvalue weighted by Gasteiger charge is 2.01. The third-order valence-corrected chi connectivity index (χ3v) is 3.23. The van der Waals surface area contributed by atoms with Gasteiger partial charge in [-0.25, -0.2) is 0 Å². The first-order valence-corrected chi connectivity index (χ1v) is 6.39. The molecule has 0 bridgehead atoms. The number of rotatable bonds is 2. The van der Waals surface area contributed by atoms with Gasteiger partial charge in [-0.1, -0.05) is 71.6 Å². The van der Waals surface area contributed by atoms with Crippen LogP contribution in [-0.2, 0) is 0 Å². The van der Waals surface area contributed by atoms with E-state index >= 15 is 0 Å². The van der Waals surface area contributed by atoms with E-state index in [1.807, 2.05) is 12.2 Å². The van der Waals surface area contributed by atoms with Crippen LogP contribution in [0.2, 0.25) is 0 Å². The maximum absolute atomic E-state index is 3.13. The minimum absolute atomic E-state index is 1.08. The van der Waals surface area contributed by atoms with Crippen molar-refractivity contribution in [3.63, 3.8) is 0 Å². The molecule has 1 aliphatic carbocycles. The van der Waals surface area contributed by atoms with Gasteiger partial charge in [-0.15, -0.1) is 0 Å². The summed E-state index contributed by atoms with van der Waals surface area (Å²) in [5.74, 6) is 0. The van der Waals surface area contributed by atoms with Gasteiger partial charge in [-0.2, -0.15) is 0 Å². The van der Waals surface area contributed by atoms with E-state index in [1.165, 1.54) is 22.3 Å². The summed E-state index contributed by atoms with van der Waals surface area (Å²) in [6.07, 6.45) is 5.90. The zero-order chi connectivity index (χ0) is 13.1. The lowest BCUT2D eigenvalue weighted by Crippen LogP contribution is -1.83. The molecule has 0 aliphatic heterocycles. The molecule has 19 heavy (non-hydrogen) atoms. The summed E-state index contributed by atoms with van der Waals surface area (Å²) in [6, 6.07) is 17.2. The van der Waals surface area contributed by atoms with E-state index in [9.17, 15) is 0 Å². The number of benzene rings is 2.